The number of fused-ring (bicyclic) bond motifs is 6. The molecule has 1 aliphatic rings. The number of thiophene rings is 1. The predicted octanol–water partition coefficient (Wildman–Crippen LogP) is 6.31. The Labute approximate surface area is 210 Å². The molecule has 36 heavy (non-hydrogen) atoms. The van der Waals surface area contributed by atoms with Gasteiger partial charge in [0.2, 0.25) is 5.88 Å². The average Bonchev–Trinajstić information content (AvgIpc) is 3.61. The summed E-state index contributed by atoms with van der Waals surface area (Å²) in [5, 5.41) is 8.87. The van der Waals surface area contributed by atoms with E-state index in [-0.39, 0.29) is 5.92 Å². The molecule has 0 saturated carbocycles. The van der Waals surface area contributed by atoms with E-state index in [9.17, 15) is 0 Å². The van der Waals surface area contributed by atoms with Crippen molar-refractivity contribution in [3.05, 3.63) is 95.1 Å². The molecule has 0 spiro atoms. The highest BCUT2D eigenvalue weighted by Crippen LogP contribution is 2.51. The van der Waals surface area contributed by atoms with E-state index in [2.05, 4.69) is 35.3 Å². The Morgan fingerprint density at radius 2 is 1.83 bits per heavy atom. The molecule has 3 aromatic heterocycles. The number of benzene rings is 3. The van der Waals surface area contributed by atoms with Crippen molar-refractivity contribution in [2.45, 2.75) is 5.92 Å². The van der Waals surface area contributed by atoms with Gasteiger partial charge in [-0.3, -0.25) is 0 Å². The summed E-state index contributed by atoms with van der Waals surface area (Å²) < 4.78 is 19.4. The van der Waals surface area contributed by atoms with Crippen LogP contribution in [0.1, 0.15) is 22.6 Å². The fourth-order valence-corrected chi connectivity index (χ4v) is 5.59. The molecule has 0 amide bonds. The molecule has 0 aliphatic carbocycles. The molecule has 3 aromatic carbocycles. The highest BCUT2D eigenvalue weighted by atomic mass is 32.1. The van der Waals surface area contributed by atoms with Crippen molar-refractivity contribution in [3.8, 4) is 33.8 Å². The van der Waals surface area contributed by atoms with Crippen LogP contribution in [-0.4, -0.2) is 33.8 Å². The first-order chi connectivity index (χ1) is 17.7. The molecule has 7 rings (SSSR count). The number of ether oxygens (including phenoxy) is 3. The quantitative estimate of drug-likeness (QED) is 0.287. The molecule has 7 nitrogen and oxygen atoms in total. The van der Waals surface area contributed by atoms with Gasteiger partial charge in [0.25, 0.3) is 0 Å². The van der Waals surface area contributed by atoms with Crippen molar-refractivity contribution in [3.63, 3.8) is 0 Å². The number of methoxy groups -OCH3 is 2. The summed E-state index contributed by atoms with van der Waals surface area (Å²) in [6.07, 6.45) is 1.67. The van der Waals surface area contributed by atoms with Crippen LogP contribution < -0.4 is 14.2 Å². The molecule has 0 radical (unpaired) electrons. The highest BCUT2D eigenvalue weighted by molar-refractivity contribution is 7.13. The van der Waals surface area contributed by atoms with Crippen LogP contribution in [-0.2, 0) is 0 Å². The van der Waals surface area contributed by atoms with Gasteiger partial charge in [-0.1, -0.05) is 48.5 Å². The zero-order chi connectivity index (χ0) is 24.2. The Morgan fingerprint density at radius 3 is 2.67 bits per heavy atom. The highest BCUT2D eigenvalue weighted by Gasteiger charge is 2.35. The lowest BCUT2D eigenvalue weighted by atomic mass is 9.82. The second-order valence-electron chi connectivity index (χ2n) is 8.50. The SMILES string of the molecule is COc1ccc([C@H]2c3ccc4ccccc4c3Oc3ncn4nc(-c5cccs5)nc4c32)cc1OC. The molecule has 1 aliphatic heterocycles. The third-order valence-electron chi connectivity index (χ3n) is 6.58. The fraction of sp³-hybridized carbons (Fsp3) is 0.107. The van der Waals surface area contributed by atoms with E-state index in [4.69, 9.17) is 24.3 Å². The zero-order valence-electron chi connectivity index (χ0n) is 19.5. The van der Waals surface area contributed by atoms with Gasteiger partial charge in [0.15, 0.2) is 23.0 Å². The van der Waals surface area contributed by atoms with Gasteiger partial charge in [-0.2, -0.15) is 0 Å². The standard InChI is InChI=1S/C28H20N4O3S/c1-33-20-12-10-17(14-21(20)34-2)23-19-11-9-16-6-3-4-7-18(16)25(19)35-28-24(23)27-30-26(22-8-5-13-36-22)31-32(27)15-29-28/h3-15,23H,1-2H3/t23-/m0/s1. The van der Waals surface area contributed by atoms with E-state index < -0.39 is 0 Å². The van der Waals surface area contributed by atoms with E-state index >= 15 is 0 Å². The van der Waals surface area contributed by atoms with Crippen molar-refractivity contribution in [1.29, 1.82) is 0 Å². The topological polar surface area (TPSA) is 70.8 Å². The van der Waals surface area contributed by atoms with Crippen LogP contribution in [0.3, 0.4) is 0 Å². The monoisotopic (exact) mass is 492 g/mol. The summed E-state index contributed by atoms with van der Waals surface area (Å²) in [7, 11) is 3.28. The van der Waals surface area contributed by atoms with Crippen molar-refractivity contribution in [2.75, 3.05) is 14.2 Å². The molecular weight excluding hydrogens is 472 g/mol. The minimum Gasteiger partial charge on any atom is -0.493 e. The minimum atomic E-state index is -0.204. The van der Waals surface area contributed by atoms with Gasteiger partial charge in [-0.15, -0.1) is 16.4 Å². The normalized spacial score (nSPS) is 14.3. The van der Waals surface area contributed by atoms with Crippen LogP contribution in [0.15, 0.2) is 78.4 Å². The molecule has 0 bridgehead atoms. The smallest absolute Gasteiger partial charge is 0.228 e. The van der Waals surface area contributed by atoms with E-state index in [1.54, 1.807) is 36.4 Å². The number of hydrogen-bond donors (Lipinski definition) is 0. The van der Waals surface area contributed by atoms with Crippen LogP contribution in [0.4, 0.5) is 0 Å². The number of rotatable bonds is 4. The summed E-state index contributed by atoms with van der Waals surface area (Å²) in [6.45, 7) is 0. The lowest BCUT2D eigenvalue weighted by molar-refractivity contribution is 0.354. The summed E-state index contributed by atoms with van der Waals surface area (Å²) in [5.74, 6) is 3.11. The minimum absolute atomic E-state index is 0.204. The van der Waals surface area contributed by atoms with E-state index in [1.165, 1.54) is 0 Å². The first kappa shape index (κ1) is 20.9. The number of hydrogen-bond acceptors (Lipinski definition) is 7. The third-order valence-corrected chi connectivity index (χ3v) is 7.44. The number of aromatic nitrogens is 4. The van der Waals surface area contributed by atoms with Crippen LogP contribution >= 0.6 is 11.3 Å². The van der Waals surface area contributed by atoms with Gasteiger partial charge in [0, 0.05) is 16.9 Å². The lowest BCUT2D eigenvalue weighted by Gasteiger charge is -2.29. The first-order valence-electron chi connectivity index (χ1n) is 11.5. The molecule has 0 fully saturated rings. The maximum atomic E-state index is 6.51. The summed E-state index contributed by atoms with van der Waals surface area (Å²) >= 11 is 1.60. The second-order valence-corrected chi connectivity index (χ2v) is 9.45. The van der Waals surface area contributed by atoms with Crippen LogP contribution in [0.5, 0.6) is 23.1 Å². The van der Waals surface area contributed by atoms with Crippen LogP contribution in [0.25, 0.3) is 27.1 Å². The zero-order valence-corrected chi connectivity index (χ0v) is 20.3. The average molecular weight is 493 g/mol. The van der Waals surface area contributed by atoms with E-state index in [0.29, 0.717) is 28.9 Å². The largest absolute Gasteiger partial charge is 0.493 e. The Hall–Kier alpha value is -4.43. The van der Waals surface area contributed by atoms with Gasteiger partial charge >= 0.3 is 0 Å². The predicted molar refractivity (Wildman–Crippen MR) is 139 cm³/mol. The number of nitrogens with zero attached hydrogens (tertiary/aromatic N) is 4. The Bertz CT molecular complexity index is 1760. The van der Waals surface area contributed by atoms with E-state index in [0.717, 1.165) is 38.1 Å². The molecule has 8 heteroatoms. The fourth-order valence-electron chi connectivity index (χ4n) is 4.94. The second kappa shape index (κ2) is 8.07. The van der Waals surface area contributed by atoms with Gasteiger partial charge in [0.05, 0.1) is 24.7 Å². The first-order valence-corrected chi connectivity index (χ1v) is 12.3. The molecule has 4 heterocycles. The summed E-state index contributed by atoms with van der Waals surface area (Å²) in [4.78, 5) is 10.6. The van der Waals surface area contributed by atoms with Crippen molar-refractivity contribution in [1.82, 2.24) is 19.6 Å². The van der Waals surface area contributed by atoms with Crippen molar-refractivity contribution < 1.29 is 14.2 Å². The van der Waals surface area contributed by atoms with Crippen molar-refractivity contribution in [2.24, 2.45) is 0 Å². The summed E-state index contributed by atoms with van der Waals surface area (Å²) in [6, 6.07) is 22.5. The Balaban J connectivity index is 1.53. The molecule has 0 unspecified atom stereocenters. The molecule has 0 N–H and O–H groups in total. The molecule has 1 atom stereocenters. The van der Waals surface area contributed by atoms with Gasteiger partial charge in [-0.25, -0.2) is 14.5 Å². The van der Waals surface area contributed by atoms with Gasteiger partial charge < -0.3 is 14.2 Å². The third kappa shape index (κ3) is 3.08. The molecular formula is C28H20N4O3S. The Morgan fingerprint density at radius 1 is 0.944 bits per heavy atom. The maximum Gasteiger partial charge on any atom is 0.228 e. The summed E-state index contributed by atoms with van der Waals surface area (Å²) in [5.41, 5.74) is 3.62. The molecule has 0 saturated heterocycles. The van der Waals surface area contributed by atoms with Gasteiger partial charge in [-0.05, 0) is 34.5 Å². The van der Waals surface area contributed by atoms with Gasteiger partial charge in [0.1, 0.15) is 12.1 Å². The van der Waals surface area contributed by atoms with E-state index in [1.807, 2.05) is 41.8 Å². The van der Waals surface area contributed by atoms with Crippen LogP contribution in [0.2, 0.25) is 0 Å². The Kier molecular flexibility index (Phi) is 4.68. The van der Waals surface area contributed by atoms with Crippen molar-refractivity contribution >= 4 is 27.8 Å². The lowest BCUT2D eigenvalue weighted by Crippen LogP contribution is -2.15. The molecule has 6 aromatic rings. The maximum absolute atomic E-state index is 6.51. The molecule has 176 valence electrons. The van der Waals surface area contributed by atoms with Crippen LogP contribution in [0, 0.1) is 0 Å².